The van der Waals surface area contributed by atoms with Gasteiger partial charge < -0.3 is 14.6 Å². The lowest BCUT2D eigenvalue weighted by Gasteiger charge is -2.26. The van der Waals surface area contributed by atoms with Gasteiger partial charge in [-0.25, -0.2) is 0 Å². The summed E-state index contributed by atoms with van der Waals surface area (Å²) in [5, 5.41) is 10.0. The van der Waals surface area contributed by atoms with E-state index >= 15 is 0 Å². The number of ether oxygens (including phenoxy) is 2. The summed E-state index contributed by atoms with van der Waals surface area (Å²) in [6.45, 7) is 2.75. The van der Waals surface area contributed by atoms with Gasteiger partial charge in [0.15, 0.2) is 0 Å². The van der Waals surface area contributed by atoms with Crippen molar-refractivity contribution in [3.8, 4) is 5.75 Å². The van der Waals surface area contributed by atoms with E-state index in [0.29, 0.717) is 13.2 Å². The molecule has 1 fully saturated rings. The summed E-state index contributed by atoms with van der Waals surface area (Å²) in [6, 6.07) is 9.60. The number of unbranched alkanes of at least 4 members (excludes halogenated alkanes) is 1. The average Bonchev–Trinajstić information content (AvgIpc) is 3.49. The van der Waals surface area contributed by atoms with Crippen LogP contribution < -0.4 is 4.74 Å². The molecule has 0 spiro atoms. The highest BCUT2D eigenvalue weighted by atomic mass is 16.5. The molecule has 3 heterocycles. The first-order valence-corrected chi connectivity index (χ1v) is 12.5. The number of nitrogens with zero attached hydrogens (tertiary/aromatic N) is 2. The van der Waals surface area contributed by atoms with E-state index in [1.165, 1.54) is 36.2 Å². The van der Waals surface area contributed by atoms with E-state index in [-0.39, 0.29) is 6.10 Å². The SMILES string of the molecule is O=C(O)C(c1cccc2c1CCO2)N1CC[C@@H](OCCCCc2ccc3c(n2)CCCC3)C1. The van der Waals surface area contributed by atoms with Gasteiger partial charge in [0.05, 0.1) is 12.7 Å². The third-order valence-electron chi connectivity index (χ3n) is 7.27. The standard InChI is InChI=1S/C27H34N2O4/c30-27(31)26(23-8-5-10-25-22(23)14-17-33-25)29-15-13-21(18-29)32-16-4-3-7-20-12-11-19-6-1-2-9-24(19)28-20/h5,8,10-12,21,26H,1-4,6-7,9,13-18H2,(H,30,31)/t21-,26?/m1/s1. The predicted octanol–water partition coefficient (Wildman–Crippen LogP) is 4.13. The normalized spacial score (nSPS) is 20.8. The number of hydrogen-bond donors (Lipinski definition) is 1. The van der Waals surface area contributed by atoms with Gasteiger partial charge in [-0.2, -0.15) is 0 Å². The molecule has 176 valence electrons. The fourth-order valence-corrected chi connectivity index (χ4v) is 5.54. The number of pyridine rings is 1. The third-order valence-corrected chi connectivity index (χ3v) is 7.27. The maximum atomic E-state index is 12.2. The van der Waals surface area contributed by atoms with Crippen LogP contribution in [0.3, 0.4) is 0 Å². The Hall–Kier alpha value is -2.44. The maximum absolute atomic E-state index is 12.2. The number of aryl methyl sites for hydroxylation is 3. The summed E-state index contributed by atoms with van der Waals surface area (Å²) >= 11 is 0. The molecular formula is C27H34N2O4. The molecule has 2 aromatic rings. The highest BCUT2D eigenvalue weighted by Gasteiger charge is 2.36. The van der Waals surface area contributed by atoms with Crippen LogP contribution in [0.5, 0.6) is 5.75 Å². The molecule has 2 atom stereocenters. The van der Waals surface area contributed by atoms with Gasteiger partial charge in [0.1, 0.15) is 11.8 Å². The Morgan fingerprint density at radius 2 is 2.09 bits per heavy atom. The summed E-state index contributed by atoms with van der Waals surface area (Å²) in [4.78, 5) is 19.1. The number of rotatable bonds is 9. The number of hydrogen-bond acceptors (Lipinski definition) is 5. The lowest BCUT2D eigenvalue weighted by atomic mass is 9.95. The van der Waals surface area contributed by atoms with Crippen molar-refractivity contribution in [3.63, 3.8) is 0 Å². The highest BCUT2D eigenvalue weighted by Crippen LogP contribution is 2.35. The van der Waals surface area contributed by atoms with E-state index in [1.807, 2.05) is 18.2 Å². The van der Waals surface area contributed by atoms with Crippen molar-refractivity contribution < 1.29 is 19.4 Å². The van der Waals surface area contributed by atoms with Crippen molar-refractivity contribution in [2.75, 3.05) is 26.3 Å². The molecule has 2 aliphatic heterocycles. The van der Waals surface area contributed by atoms with Crippen LogP contribution in [0.15, 0.2) is 30.3 Å². The summed E-state index contributed by atoms with van der Waals surface area (Å²) in [6.07, 6.45) is 9.68. The second-order valence-electron chi connectivity index (χ2n) is 9.51. The molecule has 0 radical (unpaired) electrons. The van der Waals surface area contributed by atoms with Gasteiger partial charge in [-0.1, -0.05) is 18.2 Å². The average molecular weight is 451 g/mol. The molecule has 1 aromatic heterocycles. The molecule has 0 saturated carbocycles. The molecule has 0 bridgehead atoms. The van der Waals surface area contributed by atoms with Crippen molar-refractivity contribution in [3.05, 3.63) is 58.4 Å². The first-order chi connectivity index (χ1) is 16.2. The molecule has 1 aromatic carbocycles. The van der Waals surface area contributed by atoms with Gasteiger partial charge in [-0.15, -0.1) is 0 Å². The number of likely N-dealkylation sites (tertiary alicyclic amines) is 1. The molecule has 1 N–H and O–H groups in total. The van der Waals surface area contributed by atoms with E-state index in [0.717, 1.165) is 68.6 Å². The van der Waals surface area contributed by atoms with Gasteiger partial charge in [0.25, 0.3) is 0 Å². The Morgan fingerprint density at radius 3 is 3.00 bits per heavy atom. The van der Waals surface area contributed by atoms with E-state index in [1.54, 1.807) is 0 Å². The third kappa shape index (κ3) is 5.07. The number of aromatic nitrogens is 1. The Morgan fingerprint density at radius 1 is 1.18 bits per heavy atom. The zero-order valence-corrected chi connectivity index (χ0v) is 19.3. The molecule has 6 heteroatoms. The monoisotopic (exact) mass is 450 g/mol. The lowest BCUT2D eigenvalue weighted by molar-refractivity contribution is -0.143. The number of fused-ring (bicyclic) bond motifs is 2. The Kier molecular flexibility index (Phi) is 6.93. The minimum absolute atomic E-state index is 0.0988. The first-order valence-electron chi connectivity index (χ1n) is 12.5. The van der Waals surface area contributed by atoms with Crippen LogP contribution in [0.25, 0.3) is 0 Å². The molecule has 1 aliphatic carbocycles. The minimum atomic E-state index is -0.798. The lowest BCUT2D eigenvalue weighted by Crippen LogP contribution is -2.34. The van der Waals surface area contributed by atoms with Crippen molar-refractivity contribution >= 4 is 5.97 Å². The van der Waals surface area contributed by atoms with Crippen molar-refractivity contribution in [1.82, 2.24) is 9.88 Å². The van der Waals surface area contributed by atoms with Crippen LogP contribution in [0.4, 0.5) is 0 Å². The summed E-state index contributed by atoms with van der Waals surface area (Å²) < 4.78 is 11.8. The Bertz CT molecular complexity index is 992. The number of carbonyl (C=O) groups is 1. The minimum Gasteiger partial charge on any atom is -0.493 e. The number of benzene rings is 1. The summed E-state index contributed by atoms with van der Waals surface area (Å²) in [5.74, 6) is 0.0349. The van der Waals surface area contributed by atoms with Gasteiger partial charge >= 0.3 is 5.97 Å². The van der Waals surface area contributed by atoms with Crippen molar-refractivity contribution in [1.29, 1.82) is 0 Å². The second kappa shape index (κ2) is 10.2. The van der Waals surface area contributed by atoms with Crippen LogP contribution in [0.2, 0.25) is 0 Å². The van der Waals surface area contributed by atoms with E-state index < -0.39 is 12.0 Å². The van der Waals surface area contributed by atoms with Gasteiger partial charge in [0, 0.05) is 43.1 Å². The number of carboxylic acid groups (broad SMARTS) is 1. The zero-order valence-electron chi connectivity index (χ0n) is 19.3. The molecule has 5 rings (SSSR count). The van der Waals surface area contributed by atoms with Gasteiger partial charge in [-0.05, 0) is 74.6 Å². The Labute approximate surface area is 195 Å². The molecule has 3 aliphatic rings. The van der Waals surface area contributed by atoms with Crippen LogP contribution in [-0.2, 0) is 35.2 Å². The topological polar surface area (TPSA) is 71.9 Å². The number of aliphatic carboxylic acids is 1. The van der Waals surface area contributed by atoms with Crippen LogP contribution in [0, 0.1) is 0 Å². The quantitative estimate of drug-likeness (QED) is 0.579. The van der Waals surface area contributed by atoms with E-state index in [9.17, 15) is 9.90 Å². The zero-order chi connectivity index (χ0) is 22.6. The summed E-state index contributed by atoms with van der Waals surface area (Å²) in [7, 11) is 0. The van der Waals surface area contributed by atoms with Gasteiger partial charge in [0.2, 0.25) is 0 Å². The molecule has 0 amide bonds. The first kappa shape index (κ1) is 22.4. The molecule has 1 saturated heterocycles. The Balaban J connectivity index is 1.09. The molecule has 1 unspecified atom stereocenters. The molecular weight excluding hydrogens is 416 g/mol. The second-order valence-corrected chi connectivity index (χ2v) is 9.51. The molecule has 6 nitrogen and oxygen atoms in total. The molecule has 33 heavy (non-hydrogen) atoms. The van der Waals surface area contributed by atoms with Gasteiger partial charge in [-0.3, -0.25) is 14.7 Å². The predicted molar refractivity (Wildman–Crippen MR) is 126 cm³/mol. The summed E-state index contributed by atoms with van der Waals surface area (Å²) in [5.41, 5.74) is 5.86. The fraction of sp³-hybridized carbons (Fsp3) is 0.556. The van der Waals surface area contributed by atoms with Crippen LogP contribution in [-0.4, -0.2) is 53.4 Å². The van der Waals surface area contributed by atoms with E-state index in [2.05, 4.69) is 17.0 Å². The number of carboxylic acids is 1. The largest absolute Gasteiger partial charge is 0.493 e. The highest BCUT2D eigenvalue weighted by molar-refractivity contribution is 5.77. The van der Waals surface area contributed by atoms with Crippen molar-refractivity contribution in [2.45, 2.75) is 69.9 Å². The van der Waals surface area contributed by atoms with E-state index in [4.69, 9.17) is 14.5 Å². The van der Waals surface area contributed by atoms with Crippen LogP contribution >= 0.6 is 0 Å². The van der Waals surface area contributed by atoms with Crippen LogP contribution in [0.1, 0.15) is 66.2 Å². The maximum Gasteiger partial charge on any atom is 0.325 e. The smallest absolute Gasteiger partial charge is 0.325 e. The van der Waals surface area contributed by atoms with Crippen molar-refractivity contribution in [2.24, 2.45) is 0 Å². The fourth-order valence-electron chi connectivity index (χ4n) is 5.54.